The first kappa shape index (κ1) is 44.0. The summed E-state index contributed by atoms with van der Waals surface area (Å²) in [6.07, 6.45) is 10.2. The molecule has 4 amide bonds. The zero-order valence-electron chi connectivity index (χ0n) is 29.1. The van der Waals surface area contributed by atoms with Crippen LogP contribution in [0.1, 0.15) is 51.0 Å². The van der Waals surface area contributed by atoms with Crippen molar-refractivity contribution < 1.29 is 52.8 Å². The van der Waals surface area contributed by atoms with Gasteiger partial charge in [0.1, 0.15) is 12.6 Å². The molecule has 0 aliphatic heterocycles. The highest BCUT2D eigenvalue weighted by Gasteiger charge is 2.20. The van der Waals surface area contributed by atoms with Gasteiger partial charge in [-0.05, 0) is 25.3 Å². The Balaban J connectivity index is 1.90. The molecule has 0 aliphatic rings. The highest BCUT2D eigenvalue weighted by molar-refractivity contribution is 5.89. The number of carbonyl (C=O) groups excluding carboxylic acids is 4. The van der Waals surface area contributed by atoms with Crippen molar-refractivity contribution in [3.05, 3.63) is 35.9 Å². The predicted octanol–water partition coefficient (Wildman–Crippen LogP) is 0.592. The van der Waals surface area contributed by atoms with E-state index in [-0.39, 0.29) is 51.2 Å². The SMILES string of the molecule is C#CCCCCCC(C)OCC(=O)NCCOCCOCCOCCOCCC(=O)NCC(=O)NCC(=O)N[C@@H](Cc1ccccc1)C(=O)O. The maximum absolute atomic E-state index is 12.1. The first-order valence-electron chi connectivity index (χ1n) is 16.9. The zero-order valence-corrected chi connectivity index (χ0v) is 29.1. The minimum absolute atomic E-state index is 0.0233. The minimum atomic E-state index is -1.19. The molecule has 2 atom stereocenters. The maximum atomic E-state index is 12.1. The van der Waals surface area contributed by atoms with Crippen molar-refractivity contribution in [3.8, 4) is 12.3 Å². The first-order chi connectivity index (χ1) is 24.2. The fourth-order valence-corrected chi connectivity index (χ4v) is 4.18. The fraction of sp³-hybridized carbons (Fsp3) is 0.629. The molecule has 0 heterocycles. The number of benzene rings is 1. The number of nitrogens with one attached hydrogen (secondary N) is 4. The quantitative estimate of drug-likeness (QED) is 0.0535. The molecular weight excluding hydrogens is 652 g/mol. The third-order valence-electron chi connectivity index (χ3n) is 6.90. The Hall–Kier alpha value is -4.07. The van der Waals surface area contributed by atoms with Crippen LogP contribution in [0.2, 0.25) is 0 Å². The van der Waals surface area contributed by atoms with Gasteiger partial charge in [0, 0.05) is 25.8 Å². The summed E-state index contributed by atoms with van der Waals surface area (Å²) in [4.78, 5) is 59.3. The van der Waals surface area contributed by atoms with E-state index in [1.165, 1.54) is 0 Å². The maximum Gasteiger partial charge on any atom is 0.326 e. The molecule has 15 nitrogen and oxygen atoms in total. The largest absolute Gasteiger partial charge is 0.480 e. The van der Waals surface area contributed by atoms with Crippen LogP contribution in [0.5, 0.6) is 0 Å². The van der Waals surface area contributed by atoms with E-state index in [4.69, 9.17) is 30.1 Å². The van der Waals surface area contributed by atoms with Crippen LogP contribution in [0.15, 0.2) is 30.3 Å². The minimum Gasteiger partial charge on any atom is -0.480 e. The molecule has 0 fully saturated rings. The highest BCUT2D eigenvalue weighted by atomic mass is 16.6. The number of rotatable bonds is 31. The average molecular weight is 707 g/mol. The molecule has 1 unspecified atom stereocenters. The van der Waals surface area contributed by atoms with Gasteiger partial charge >= 0.3 is 5.97 Å². The number of terminal acetylenes is 1. The summed E-state index contributed by atoms with van der Waals surface area (Å²) < 4.78 is 27.2. The molecule has 1 aromatic rings. The van der Waals surface area contributed by atoms with Gasteiger partial charge in [0.25, 0.3) is 0 Å². The number of hydrogen-bond donors (Lipinski definition) is 5. The van der Waals surface area contributed by atoms with Crippen molar-refractivity contribution in [2.75, 3.05) is 79.1 Å². The van der Waals surface area contributed by atoms with Crippen LogP contribution in [0.3, 0.4) is 0 Å². The third kappa shape index (κ3) is 25.9. The smallest absolute Gasteiger partial charge is 0.326 e. The molecular formula is C35H54N4O11. The lowest BCUT2D eigenvalue weighted by Crippen LogP contribution is -2.47. The van der Waals surface area contributed by atoms with Crippen LogP contribution in [0.25, 0.3) is 0 Å². The van der Waals surface area contributed by atoms with Gasteiger partial charge in [-0.3, -0.25) is 19.2 Å². The second kappa shape index (κ2) is 29.8. The second-order valence-electron chi connectivity index (χ2n) is 11.2. The summed E-state index contributed by atoms with van der Waals surface area (Å²) in [6.45, 7) is 4.19. The van der Waals surface area contributed by atoms with Gasteiger partial charge in [-0.25, -0.2) is 4.79 Å². The van der Waals surface area contributed by atoms with Crippen molar-refractivity contribution in [3.63, 3.8) is 0 Å². The van der Waals surface area contributed by atoms with Gasteiger partial charge < -0.3 is 50.1 Å². The van der Waals surface area contributed by atoms with E-state index in [1.54, 1.807) is 30.3 Å². The Morgan fingerprint density at radius 2 is 1.34 bits per heavy atom. The summed E-state index contributed by atoms with van der Waals surface area (Å²) in [5.41, 5.74) is 0.746. The average Bonchev–Trinajstić information content (AvgIpc) is 3.10. The Morgan fingerprint density at radius 3 is 1.98 bits per heavy atom. The number of hydrogen-bond acceptors (Lipinski definition) is 10. The van der Waals surface area contributed by atoms with Gasteiger partial charge in [-0.15, -0.1) is 12.3 Å². The van der Waals surface area contributed by atoms with Gasteiger partial charge in [0.05, 0.1) is 72.0 Å². The van der Waals surface area contributed by atoms with E-state index in [0.717, 1.165) is 37.7 Å². The number of ether oxygens (including phenoxy) is 5. The van der Waals surface area contributed by atoms with Gasteiger partial charge in [-0.1, -0.05) is 43.2 Å². The van der Waals surface area contributed by atoms with E-state index in [9.17, 15) is 29.1 Å². The zero-order chi connectivity index (χ0) is 36.7. The van der Waals surface area contributed by atoms with Gasteiger partial charge in [0.15, 0.2) is 0 Å². The Morgan fingerprint density at radius 1 is 0.740 bits per heavy atom. The molecule has 0 saturated carbocycles. The molecule has 1 aromatic carbocycles. The number of carboxylic acids is 1. The van der Waals surface area contributed by atoms with Crippen molar-refractivity contribution in [2.45, 2.75) is 64.0 Å². The molecule has 0 aromatic heterocycles. The van der Waals surface area contributed by atoms with Crippen molar-refractivity contribution in [1.82, 2.24) is 21.3 Å². The normalized spacial score (nSPS) is 11.9. The van der Waals surface area contributed by atoms with E-state index < -0.39 is 36.3 Å². The van der Waals surface area contributed by atoms with E-state index in [2.05, 4.69) is 27.2 Å². The lowest BCUT2D eigenvalue weighted by Gasteiger charge is -2.15. The predicted molar refractivity (Wildman–Crippen MR) is 184 cm³/mol. The summed E-state index contributed by atoms with van der Waals surface area (Å²) >= 11 is 0. The number of carbonyl (C=O) groups is 5. The lowest BCUT2D eigenvalue weighted by atomic mass is 10.1. The van der Waals surface area contributed by atoms with Crippen LogP contribution in [-0.4, -0.2) is 126 Å². The Bertz CT molecular complexity index is 1150. The van der Waals surface area contributed by atoms with E-state index in [0.29, 0.717) is 46.2 Å². The first-order valence-corrected chi connectivity index (χ1v) is 16.9. The third-order valence-corrected chi connectivity index (χ3v) is 6.90. The number of unbranched alkanes of at least 4 members (excludes halogenated alkanes) is 3. The van der Waals surface area contributed by atoms with Crippen LogP contribution < -0.4 is 21.3 Å². The van der Waals surface area contributed by atoms with Crippen molar-refractivity contribution in [2.24, 2.45) is 0 Å². The standard InChI is InChI=1S/C35H54N4O11/c1-3-4-5-6-8-11-28(2)50-27-34(43)36-15-17-47-19-21-49-23-22-48-20-18-46-16-14-31(40)37-25-32(41)38-26-33(42)39-30(35(44)45)24-29-12-9-7-10-13-29/h1,7,9-10,12-13,28,30H,4-6,8,11,14-27H2,2H3,(H,36,43)(H,37,40)(H,38,41)(H,39,42)(H,44,45)/t28?,30-/m0/s1. The topological polar surface area (TPSA) is 200 Å². The molecule has 15 heteroatoms. The Labute approximate surface area is 294 Å². The van der Waals surface area contributed by atoms with Crippen LogP contribution >= 0.6 is 0 Å². The summed E-state index contributed by atoms with van der Waals surface area (Å²) in [7, 11) is 0. The lowest BCUT2D eigenvalue weighted by molar-refractivity contribution is -0.141. The number of amides is 4. The summed E-state index contributed by atoms with van der Waals surface area (Å²) in [6, 6.07) is 7.70. The monoisotopic (exact) mass is 706 g/mol. The molecule has 0 bridgehead atoms. The molecule has 280 valence electrons. The van der Waals surface area contributed by atoms with Crippen molar-refractivity contribution >= 4 is 29.6 Å². The second-order valence-corrected chi connectivity index (χ2v) is 11.2. The van der Waals surface area contributed by atoms with Crippen molar-refractivity contribution in [1.29, 1.82) is 0 Å². The van der Waals surface area contributed by atoms with E-state index >= 15 is 0 Å². The van der Waals surface area contributed by atoms with Gasteiger partial charge in [-0.2, -0.15) is 0 Å². The van der Waals surface area contributed by atoms with Crippen LogP contribution in [0, 0.1) is 12.3 Å². The summed E-state index contributed by atoms with van der Waals surface area (Å²) in [5.74, 6) is -0.407. The van der Waals surface area contributed by atoms with Crippen LogP contribution in [-0.2, 0) is 54.1 Å². The molecule has 1 rings (SSSR count). The molecule has 5 N–H and O–H groups in total. The Kier molecular flexibility index (Phi) is 26.2. The number of carboxylic acid groups (broad SMARTS) is 1. The summed E-state index contributed by atoms with van der Waals surface area (Å²) in [5, 5.41) is 19.3. The van der Waals surface area contributed by atoms with Gasteiger partial charge in [0.2, 0.25) is 23.6 Å². The molecule has 0 radical (unpaired) electrons. The number of aliphatic carboxylic acids is 1. The molecule has 0 spiro atoms. The van der Waals surface area contributed by atoms with E-state index in [1.807, 2.05) is 6.92 Å². The highest BCUT2D eigenvalue weighted by Crippen LogP contribution is 2.07. The van der Waals surface area contributed by atoms with Crippen LogP contribution in [0.4, 0.5) is 0 Å². The fourth-order valence-electron chi connectivity index (χ4n) is 4.18. The molecule has 50 heavy (non-hydrogen) atoms. The molecule has 0 aliphatic carbocycles. The molecule has 0 saturated heterocycles.